The smallest absolute Gasteiger partial charge is 0.317 e. The lowest BCUT2D eigenvalue weighted by atomic mass is 9.85. The molecule has 2 N–H and O–H groups in total. The van der Waals surface area contributed by atoms with Crippen LogP contribution < -0.4 is 5.32 Å². The topological polar surface area (TPSA) is 95.7 Å². The third kappa shape index (κ3) is 3.80. The van der Waals surface area contributed by atoms with Crippen LogP contribution in [0.2, 0.25) is 0 Å². The van der Waals surface area contributed by atoms with Gasteiger partial charge in [0.05, 0.1) is 6.54 Å². The summed E-state index contributed by atoms with van der Waals surface area (Å²) < 4.78 is 1.74. The minimum absolute atomic E-state index is 0.150. The Bertz CT molecular complexity index is 781. The first-order chi connectivity index (χ1) is 12.6. The molecule has 2 aliphatic carbocycles. The van der Waals surface area contributed by atoms with Crippen molar-refractivity contribution in [2.45, 2.75) is 57.5 Å². The van der Waals surface area contributed by atoms with Crippen LogP contribution >= 0.6 is 0 Å². The summed E-state index contributed by atoms with van der Waals surface area (Å²) in [5.41, 5.74) is 1.02. The molecule has 0 atom stereocenters. The lowest BCUT2D eigenvalue weighted by Gasteiger charge is -2.43. The molecule has 0 aliphatic heterocycles. The number of aliphatic carboxylic acids is 1. The molecule has 26 heavy (non-hydrogen) atoms. The van der Waals surface area contributed by atoms with E-state index < -0.39 is 5.97 Å². The van der Waals surface area contributed by atoms with Gasteiger partial charge in [0.1, 0.15) is 12.1 Å². The van der Waals surface area contributed by atoms with Gasteiger partial charge >= 0.3 is 5.97 Å². The van der Waals surface area contributed by atoms with Crippen molar-refractivity contribution in [2.24, 2.45) is 5.92 Å². The van der Waals surface area contributed by atoms with Gasteiger partial charge in [-0.1, -0.05) is 13.3 Å². The van der Waals surface area contributed by atoms with Crippen LogP contribution in [0.15, 0.2) is 12.4 Å². The van der Waals surface area contributed by atoms with Gasteiger partial charge in [0.15, 0.2) is 0 Å². The molecule has 2 aromatic rings. The van der Waals surface area contributed by atoms with Gasteiger partial charge in [-0.2, -0.15) is 14.6 Å². The summed E-state index contributed by atoms with van der Waals surface area (Å²) in [6.45, 7) is 3.21. The number of aryl methyl sites for hydroxylation is 1. The van der Waals surface area contributed by atoms with Crippen LogP contribution in [-0.4, -0.2) is 60.7 Å². The number of rotatable bonds is 9. The minimum atomic E-state index is -0.732. The third-order valence-corrected chi connectivity index (χ3v) is 5.32. The Balaban J connectivity index is 1.40. The average Bonchev–Trinajstić information content (AvgIpc) is 3.23. The highest BCUT2D eigenvalue weighted by Crippen LogP contribution is 2.34. The number of hydrogen-bond acceptors (Lipinski definition) is 6. The largest absolute Gasteiger partial charge is 0.480 e. The Hall–Kier alpha value is -2.22. The van der Waals surface area contributed by atoms with E-state index in [4.69, 9.17) is 0 Å². The molecular formula is C18H26N6O2. The molecule has 0 amide bonds. The van der Waals surface area contributed by atoms with Gasteiger partial charge in [-0.15, -0.1) is 0 Å². The molecule has 2 aromatic heterocycles. The van der Waals surface area contributed by atoms with Crippen LogP contribution in [-0.2, 0) is 11.2 Å². The van der Waals surface area contributed by atoms with Crippen molar-refractivity contribution in [1.29, 1.82) is 0 Å². The van der Waals surface area contributed by atoms with Crippen LogP contribution in [0.1, 0.15) is 44.7 Å². The number of aromatic nitrogens is 4. The summed E-state index contributed by atoms with van der Waals surface area (Å²) >= 11 is 0. The fourth-order valence-corrected chi connectivity index (χ4v) is 3.71. The van der Waals surface area contributed by atoms with E-state index in [1.165, 1.54) is 19.2 Å². The first-order valence-corrected chi connectivity index (χ1v) is 9.54. The van der Waals surface area contributed by atoms with Crippen LogP contribution in [0, 0.1) is 5.92 Å². The zero-order valence-corrected chi connectivity index (χ0v) is 15.1. The van der Waals surface area contributed by atoms with Crippen LogP contribution in [0.25, 0.3) is 5.78 Å². The highest BCUT2D eigenvalue weighted by molar-refractivity contribution is 5.69. The van der Waals surface area contributed by atoms with E-state index in [1.54, 1.807) is 4.52 Å². The molecule has 0 saturated heterocycles. The van der Waals surface area contributed by atoms with Gasteiger partial charge in [-0.25, -0.2) is 4.98 Å². The number of carboxylic acid groups (broad SMARTS) is 1. The maximum Gasteiger partial charge on any atom is 0.317 e. The molecule has 8 heteroatoms. The average molecular weight is 358 g/mol. The van der Waals surface area contributed by atoms with Gasteiger partial charge < -0.3 is 10.4 Å². The Kier molecular flexibility index (Phi) is 4.76. The van der Waals surface area contributed by atoms with Crippen molar-refractivity contribution >= 4 is 17.6 Å². The first-order valence-electron chi connectivity index (χ1n) is 9.54. The number of carbonyl (C=O) groups is 1. The van der Waals surface area contributed by atoms with Gasteiger partial charge in [0.25, 0.3) is 5.78 Å². The Morgan fingerprint density at radius 3 is 2.92 bits per heavy atom. The van der Waals surface area contributed by atoms with Gasteiger partial charge in [0.2, 0.25) is 0 Å². The molecule has 0 aromatic carbocycles. The predicted molar refractivity (Wildman–Crippen MR) is 97.1 cm³/mol. The maximum atomic E-state index is 11.2. The molecule has 0 unspecified atom stereocenters. The van der Waals surface area contributed by atoms with E-state index in [9.17, 15) is 9.90 Å². The number of nitrogens with one attached hydrogen (secondary N) is 1. The molecule has 8 nitrogen and oxygen atoms in total. The number of anilines is 1. The lowest BCUT2D eigenvalue weighted by molar-refractivity contribution is -0.139. The summed E-state index contributed by atoms with van der Waals surface area (Å²) in [7, 11) is 0. The first kappa shape index (κ1) is 17.2. The van der Waals surface area contributed by atoms with E-state index in [0.29, 0.717) is 23.8 Å². The third-order valence-electron chi connectivity index (χ3n) is 5.32. The van der Waals surface area contributed by atoms with E-state index in [0.717, 1.165) is 43.7 Å². The Labute approximate surface area is 152 Å². The molecular weight excluding hydrogens is 332 g/mol. The summed E-state index contributed by atoms with van der Waals surface area (Å²) in [6, 6.07) is 2.74. The van der Waals surface area contributed by atoms with Crippen molar-refractivity contribution in [3.63, 3.8) is 0 Å². The summed E-state index contributed by atoms with van der Waals surface area (Å²) in [4.78, 5) is 22.1. The molecule has 2 heterocycles. The minimum Gasteiger partial charge on any atom is -0.480 e. The fourth-order valence-electron chi connectivity index (χ4n) is 3.71. The van der Waals surface area contributed by atoms with Gasteiger partial charge in [-0.3, -0.25) is 9.69 Å². The zero-order valence-electron chi connectivity index (χ0n) is 15.1. The SMILES string of the molecule is CCCc1cc(NC2CC(N(CC(=O)O)CC3CC3)C2)n2ncnc2n1. The second-order valence-electron chi connectivity index (χ2n) is 7.59. The molecule has 140 valence electrons. The Morgan fingerprint density at radius 1 is 1.42 bits per heavy atom. The van der Waals surface area contributed by atoms with E-state index in [1.807, 2.05) is 0 Å². The molecule has 0 bridgehead atoms. The van der Waals surface area contributed by atoms with E-state index in [-0.39, 0.29) is 6.54 Å². The molecule has 2 aliphatic rings. The molecule has 0 radical (unpaired) electrons. The fraction of sp³-hybridized carbons (Fsp3) is 0.667. The standard InChI is InChI=1S/C18H26N6O2/c1-2-3-13-8-16(24-18(22-13)19-11-20-24)21-14-6-15(7-14)23(10-17(25)26)9-12-4-5-12/h8,11-12,14-15,21H,2-7,9-10H2,1H3,(H,25,26). The monoisotopic (exact) mass is 358 g/mol. The van der Waals surface area contributed by atoms with Crippen molar-refractivity contribution in [1.82, 2.24) is 24.5 Å². The van der Waals surface area contributed by atoms with E-state index in [2.05, 4.69) is 38.3 Å². The zero-order chi connectivity index (χ0) is 18.1. The van der Waals surface area contributed by atoms with Crippen molar-refractivity contribution in [3.8, 4) is 0 Å². The highest BCUT2D eigenvalue weighted by Gasteiger charge is 2.37. The second kappa shape index (κ2) is 7.19. The summed E-state index contributed by atoms with van der Waals surface area (Å²) in [6.07, 6.45) is 7.88. The van der Waals surface area contributed by atoms with Crippen molar-refractivity contribution in [3.05, 3.63) is 18.1 Å². The number of hydrogen-bond donors (Lipinski definition) is 2. The quantitative estimate of drug-likeness (QED) is 0.706. The van der Waals surface area contributed by atoms with Gasteiger partial charge in [-0.05, 0) is 38.0 Å². The number of nitrogens with zero attached hydrogens (tertiary/aromatic N) is 5. The summed E-state index contributed by atoms with van der Waals surface area (Å²) in [5, 5.41) is 17.0. The second-order valence-corrected chi connectivity index (χ2v) is 7.59. The van der Waals surface area contributed by atoms with Crippen LogP contribution in [0.3, 0.4) is 0 Å². The lowest BCUT2D eigenvalue weighted by Crippen LogP contribution is -2.52. The Morgan fingerprint density at radius 2 is 2.23 bits per heavy atom. The molecule has 4 rings (SSSR count). The molecule has 0 spiro atoms. The van der Waals surface area contributed by atoms with Gasteiger partial charge in [0, 0.05) is 30.4 Å². The predicted octanol–water partition coefficient (Wildman–Crippen LogP) is 1.82. The number of fused-ring (bicyclic) bond motifs is 1. The van der Waals surface area contributed by atoms with Crippen LogP contribution in [0.5, 0.6) is 0 Å². The summed E-state index contributed by atoms with van der Waals surface area (Å²) in [5.74, 6) is 1.51. The molecule has 2 fully saturated rings. The van der Waals surface area contributed by atoms with Crippen molar-refractivity contribution < 1.29 is 9.90 Å². The normalized spacial score (nSPS) is 22.5. The van der Waals surface area contributed by atoms with E-state index >= 15 is 0 Å². The number of carboxylic acids is 1. The van der Waals surface area contributed by atoms with Crippen molar-refractivity contribution in [2.75, 3.05) is 18.4 Å². The van der Waals surface area contributed by atoms with Crippen LogP contribution in [0.4, 0.5) is 5.82 Å². The maximum absolute atomic E-state index is 11.2. The highest BCUT2D eigenvalue weighted by atomic mass is 16.4. The molecule has 2 saturated carbocycles.